The number of rotatable bonds is 5. The summed E-state index contributed by atoms with van der Waals surface area (Å²) >= 11 is 0. The topological polar surface area (TPSA) is 9.23 Å². The van der Waals surface area contributed by atoms with Crippen molar-refractivity contribution in [3.05, 3.63) is 53.1 Å². The van der Waals surface area contributed by atoms with Crippen molar-refractivity contribution in [1.29, 1.82) is 0 Å². The maximum atomic E-state index is 5.66. The van der Waals surface area contributed by atoms with Crippen molar-refractivity contribution in [2.75, 3.05) is 6.61 Å². The van der Waals surface area contributed by atoms with Crippen LogP contribution in [0.3, 0.4) is 0 Å². The number of hydrogen-bond acceptors (Lipinski definition) is 1. The lowest BCUT2D eigenvalue weighted by Gasteiger charge is -2.14. The average molecular weight is 268 g/mol. The van der Waals surface area contributed by atoms with E-state index in [4.69, 9.17) is 4.74 Å². The summed E-state index contributed by atoms with van der Waals surface area (Å²) in [5, 5.41) is 0. The normalized spacial score (nSPS) is 10.6. The van der Waals surface area contributed by atoms with Crippen molar-refractivity contribution in [2.24, 2.45) is 0 Å². The van der Waals surface area contributed by atoms with Gasteiger partial charge in [0, 0.05) is 0 Å². The molecule has 0 heterocycles. The SMILES string of the molecule is CCCc1ccc(-c2ccc(OCC)c(C)c2C)cc1. The fourth-order valence-electron chi connectivity index (χ4n) is 2.56. The molecule has 0 spiro atoms. The van der Waals surface area contributed by atoms with Gasteiger partial charge in [0.05, 0.1) is 6.61 Å². The molecule has 2 aromatic carbocycles. The fourth-order valence-corrected chi connectivity index (χ4v) is 2.56. The van der Waals surface area contributed by atoms with Crippen molar-refractivity contribution in [2.45, 2.75) is 40.5 Å². The van der Waals surface area contributed by atoms with Crippen molar-refractivity contribution in [3.63, 3.8) is 0 Å². The Labute approximate surface area is 122 Å². The second-order valence-corrected chi connectivity index (χ2v) is 5.24. The molecule has 0 aliphatic carbocycles. The molecule has 0 unspecified atom stereocenters. The molecule has 1 nitrogen and oxygen atoms in total. The summed E-state index contributed by atoms with van der Waals surface area (Å²) in [6.45, 7) is 9.26. The van der Waals surface area contributed by atoms with Crippen LogP contribution in [0.1, 0.15) is 37.0 Å². The number of hydrogen-bond donors (Lipinski definition) is 0. The molecule has 0 atom stereocenters. The van der Waals surface area contributed by atoms with E-state index < -0.39 is 0 Å². The van der Waals surface area contributed by atoms with E-state index in [1.54, 1.807) is 0 Å². The quantitative estimate of drug-likeness (QED) is 0.713. The first kappa shape index (κ1) is 14.6. The Kier molecular flexibility index (Phi) is 4.84. The van der Waals surface area contributed by atoms with Gasteiger partial charge in [-0.1, -0.05) is 43.7 Å². The van der Waals surface area contributed by atoms with Crippen molar-refractivity contribution >= 4 is 0 Å². The molecule has 2 aromatic rings. The Hall–Kier alpha value is -1.76. The van der Waals surface area contributed by atoms with Crippen LogP contribution in [0.5, 0.6) is 5.75 Å². The second kappa shape index (κ2) is 6.60. The molecule has 0 amide bonds. The van der Waals surface area contributed by atoms with E-state index in [1.165, 1.54) is 34.2 Å². The first-order chi connectivity index (χ1) is 9.67. The van der Waals surface area contributed by atoms with Gasteiger partial charge in [-0.25, -0.2) is 0 Å². The van der Waals surface area contributed by atoms with Gasteiger partial charge in [-0.3, -0.25) is 0 Å². The predicted octanol–water partition coefficient (Wildman–Crippen LogP) is 5.32. The molecular weight excluding hydrogens is 244 g/mol. The average Bonchev–Trinajstić information content (AvgIpc) is 2.46. The van der Waals surface area contributed by atoms with E-state index in [-0.39, 0.29) is 0 Å². The molecular formula is C19H24O. The minimum absolute atomic E-state index is 0.714. The van der Waals surface area contributed by atoms with E-state index in [9.17, 15) is 0 Å². The summed E-state index contributed by atoms with van der Waals surface area (Å²) in [5.74, 6) is 0.997. The maximum Gasteiger partial charge on any atom is 0.122 e. The van der Waals surface area contributed by atoms with Gasteiger partial charge in [-0.05, 0) is 61.1 Å². The Morgan fingerprint density at radius 2 is 1.55 bits per heavy atom. The van der Waals surface area contributed by atoms with E-state index in [0.29, 0.717) is 6.61 Å². The molecule has 0 aliphatic rings. The summed E-state index contributed by atoms with van der Waals surface area (Å²) in [4.78, 5) is 0. The van der Waals surface area contributed by atoms with Gasteiger partial charge in [-0.2, -0.15) is 0 Å². The van der Waals surface area contributed by atoms with Crippen LogP contribution in [0.2, 0.25) is 0 Å². The molecule has 20 heavy (non-hydrogen) atoms. The zero-order valence-electron chi connectivity index (χ0n) is 13.0. The van der Waals surface area contributed by atoms with Crippen molar-refractivity contribution in [3.8, 4) is 16.9 Å². The van der Waals surface area contributed by atoms with Crippen LogP contribution in [-0.2, 0) is 6.42 Å². The lowest BCUT2D eigenvalue weighted by atomic mass is 9.95. The zero-order valence-corrected chi connectivity index (χ0v) is 13.0. The van der Waals surface area contributed by atoms with Crippen LogP contribution in [0, 0.1) is 13.8 Å². The summed E-state index contributed by atoms with van der Waals surface area (Å²) in [5.41, 5.74) is 6.54. The van der Waals surface area contributed by atoms with Crippen molar-refractivity contribution in [1.82, 2.24) is 0 Å². The second-order valence-electron chi connectivity index (χ2n) is 5.24. The maximum absolute atomic E-state index is 5.66. The fraction of sp³-hybridized carbons (Fsp3) is 0.368. The third kappa shape index (κ3) is 3.04. The molecule has 0 aromatic heterocycles. The number of ether oxygens (including phenoxy) is 1. The summed E-state index contributed by atoms with van der Waals surface area (Å²) in [6.07, 6.45) is 2.35. The molecule has 0 radical (unpaired) electrons. The molecule has 0 saturated carbocycles. The van der Waals surface area contributed by atoms with Crippen LogP contribution >= 0.6 is 0 Å². The molecule has 0 aliphatic heterocycles. The molecule has 106 valence electrons. The van der Waals surface area contributed by atoms with Crippen LogP contribution < -0.4 is 4.74 Å². The van der Waals surface area contributed by atoms with Crippen LogP contribution in [0.4, 0.5) is 0 Å². The minimum Gasteiger partial charge on any atom is -0.494 e. The molecule has 1 heteroatoms. The van der Waals surface area contributed by atoms with Gasteiger partial charge in [0.15, 0.2) is 0 Å². The van der Waals surface area contributed by atoms with Gasteiger partial charge in [0.1, 0.15) is 5.75 Å². The van der Waals surface area contributed by atoms with Gasteiger partial charge >= 0.3 is 0 Å². The highest BCUT2D eigenvalue weighted by molar-refractivity contribution is 5.70. The largest absolute Gasteiger partial charge is 0.494 e. The van der Waals surface area contributed by atoms with E-state index in [1.807, 2.05) is 6.92 Å². The third-order valence-corrected chi connectivity index (χ3v) is 3.84. The molecule has 0 saturated heterocycles. The minimum atomic E-state index is 0.714. The lowest BCUT2D eigenvalue weighted by Crippen LogP contribution is -1.97. The Morgan fingerprint density at radius 1 is 0.850 bits per heavy atom. The predicted molar refractivity (Wildman–Crippen MR) is 86.5 cm³/mol. The highest BCUT2D eigenvalue weighted by Gasteiger charge is 2.08. The van der Waals surface area contributed by atoms with Crippen molar-refractivity contribution < 1.29 is 4.74 Å². The molecule has 0 N–H and O–H groups in total. The summed E-state index contributed by atoms with van der Waals surface area (Å²) < 4.78 is 5.66. The zero-order chi connectivity index (χ0) is 14.5. The number of aryl methyl sites for hydroxylation is 1. The van der Waals surface area contributed by atoms with Crippen LogP contribution in [0.15, 0.2) is 36.4 Å². The van der Waals surface area contributed by atoms with Gasteiger partial charge in [0.2, 0.25) is 0 Å². The van der Waals surface area contributed by atoms with E-state index in [2.05, 4.69) is 57.2 Å². The monoisotopic (exact) mass is 268 g/mol. The van der Waals surface area contributed by atoms with E-state index in [0.717, 1.165) is 12.2 Å². The summed E-state index contributed by atoms with van der Waals surface area (Å²) in [6, 6.07) is 13.2. The van der Waals surface area contributed by atoms with Gasteiger partial charge in [0.25, 0.3) is 0 Å². The summed E-state index contributed by atoms with van der Waals surface area (Å²) in [7, 11) is 0. The van der Waals surface area contributed by atoms with Gasteiger partial charge < -0.3 is 4.74 Å². The Balaban J connectivity index is 2.35. The van der Waals surface area contributed by atoms with Gasteiger partial charge in [-0.15, -0.1) is 0 Å². The lowest BCUT2D eigenvalue weighted by molar-refractivity contribution is 0.337. The number of benzene rings is 2. The molecule has 2 rings (SSSR count). The van der Waals surface area contributed by atoms with Crippen LogP contribution in [0.25, 0.3) is 11.1 Å². The first-order valence-electron chi connectivity index (χ1n) is 7.49. The van der Waals surface area contributed by atoms with Crippen LogP contribution in [-0.4, -0.2) is 6.61 Å². The smallest absolute Gasteiger partial charge is 0.122 e. The highest BCUT2D eigenvalue weighted by atomic mass is 16.5. The molecule has 0 fully saturated rings. The first-order valence-corrected chi connectivity index (χ1v) is 7.49. The van der Waals surface area contributed by atoms with E-state index >= 15 is 0 Å². The molecule has 0 bridgehead atoms. The third-order valence-electron chi connectivity index (χ3n) is 3.84. The Morgan fingerprint density at radius 3 is 2.15 bits per heavy atom. The standard InChI is InChI=1S/C19H24O/c1-5-7-16-8-10-17(11-9-16)18-12-13-19(20-6-2)15(4)14(18)3/h8-13H,5-7H2,1-4H3. The highest BCUT2D eigenvalue weighted by Crippen LogP contribution is 2.31. The Bertz CT molecular complexity index is 567.